The van der Waals surface area contributed by atoms with E-state index in [9.17, 15) is 0 Å². The number of hydrogen-bond donors (Lipinski definition) is 1. The summed E-state index contributed by atoms with van der Waals surface area (Å²) < 4.78 is 17.0. The Kier molecular flexibility index (Phi) is 6.47. The molecule has 1 aliphatic heterocycles. The summed E-state index contributed by atoms with van der Waals surface area (Å²) in [4.78, 5) is 0. The largest absolute Gasteiger partial charge is 0.491 e. The number of hydrogen-bond acceptors (Lipinski definition) is 4. The third kappa shape index (κ3) is 4.47. The van der Waals surface area contributed by atoms with Gasteiger partial charge in [-0.3, -0.25) is 0 Å². The monoisotopic (exact) mass is 329 g/mol. The summed E-state index contributed by atoms with van der Waals surface area (Å²) in [6.45, 7) is 6.48. The van der Waals surface area contributed by atoms with Gasteiger partial charge in [0.2, 0.25) is 0 Å². The topological polar surface area (TPSA) is 39.7 Å². The van der Waals surface area contributed by atoms with Crippen molar-refractivity contribution in [3.63, 3.8) is 0 Å². The molecular formula is C20H27NO3. The third-order valence-electron chi connectivity index (χ3n) is 4.38. The van der Waals surface area contributed by atoms with Crippen LogP contribution < -0.4 is 10.1 Å². The van der Waals surface area contributed by atoms with Crippen molar-refractivity contribution in [2.75, 3.05) is 33.0 Å². The van der Waals surface area contributed by atoms with Crippen LogP contribution in [0.25, 0.3) is 10.8 Å². The van der Waals surface area contributed by atoms with E-state index in [2.05, 4.69) is 41.7 Å². The van der Waals surface area contributed by atoms with Crippen LogP contribution >= 0.6 is 0 Å². The highest BCUT2D eigenvalue weighted by molar-refractivity contribution is 5.87. The SMILES string of the molecule is CCOCCOc1ccc2ccccc2c1CNCC1CCCO1. The van der Waals surface area contributed by atoms with Crippen LogP contribution in [0.3, 0.4) is 0 Å². The van der Waals surface area contributed by atoms with Gasteiger partial charge in [0.05, 0.1) is 12.7 Å². The first-order valence-corrected chi connectivity index (χ1v) is 8.92. The average molecular weight is 329 g/mol. The molecule has 3 rings (SSSR count). The van der Waals surface area contributed by atoms with Crippen LogP contribution in [0.1, 0.15) is 25.3 Å². The molecule has 0 amide bonds. The van der Waals surface area contributed by atoms with Crippen molar-refractivity contribution >= 4 is 10.8 Å². The molecule has 0 bridgehead atoms. The van der Waals surface area contributed by atoms with E-state index in [-0.39, 0.29) is 0 Å². The Morgan fingerprint density at radius 3 is 2.92 bits per heavy atom. The van der Waals surface area contributed by atoms with Crippen molar-refractivity contribution in [1.29, 1.82) is 0 Å². The van der Waals surface area contributed by atoms with Crippen LogP contribution in [0.2, 0.25) is 0 Å². The Labute approximate surface area is 144 Å². The molecule has 2 aromatic rings. The van der Waals surface area contributed by atoms with E-state index in [1.807, 2.05) is 6.92 Å². The van der Waals surface area contributed by atoms with E-state index in [1.165, 1.54) is 22.8 Å². The Morgan fingerprint density at radius 1 is 1.17 bits per heavy atom. The van der Waals surface area contributed by atoms with Gasteiger partial charge >= 0.3 is 0 Å². The van der Waals surface area contributed by atoms with E-state index >= 15 is 0 Å². The molecule has 24 heavy (non-hydrogen) atoms. The molecule has 1 heterocycles. The van der Waals surface area contributed by atoms with E-state index in [0.717, 1.165) is 38.5 Å². The van der Waals surface area contributed by atoms with Crippen molar-refractivity contribution < 1.29 is 14.2 Å². The molecule has 4 heteroatoms. The fourth-order valence-electron chi connectivity index (χ4n) is 3.15. The van der Waals surface area contributed by atoms with Crippen molar-refractivity contribution in [1.82, 2.24) is 5.32 Å². The van der Waals surface area contributed by atoms with Crippen molar-refractivity contribution in [2.45, 2.75) is 32.4 Å². The second-order valence-electron chi connectivity index (χ2n) is 6.07. The molecule has 1 aliphatic rings. The Balaban J connectivity index is 1.70. The predicted octanol–water partition coefficient (Wildman–Crippen LogP) is 3.52. The molecule has 0 aromatic heterocycles. The van der Waals surface area contributed by atoms with Crippen LogP contribution in [0.4, 0.5) is 0 Å². The summed E-state index contributed by atoms with van der Waals surface area (Å²) in [5, 5.41) is 6.02. The first kappa shape index (κ1) is 17.2. The van der Waals surface area contributed by atoms with Crippen molar-refractivity contribution in [2.24, 2.45) is 0 Å². The first-order valence-electron chi connectivity index (χ1n) is 8.92. The highest BCUT2D eigenvalue weighted by Crippen LogP contribution is 2.28. The van der Waals surface area contributed by atoms with Gasteiger partial charge in [0, 0.05) is 31.9 Å². The van der Waals surface area contributed by atoms with E-state index in [1.54, 1.807) is 0 Å². The molecule has 0 spiro atoms. The lowest BCUT2D eigenvalue weighted by Crippen LogP contribution is -2.26. The minimum absolute atomic E-state index is 0.349. The summed E-state index contributed by atoms with van der Waals surface area (Å²) in [7, 11) is 0. The molecule has 0 aliphatic carbocycles. The van der Waals surface area contributed by atoms with E-state index < -0.39 is 0 Å². The van der Waals surface area contributed by atoms with Crippen LogP contribution in [0.5, 0.6) is 5.75 Å². The zero-order valence-electron chi connectivity index (χ0n) is 14.4. The molecule has 1 saturated heterocycles. The molecule has 0 radical (unpaired) electrons. The normalized spacial score (nSPS) is 17.5. The van der Waals surface area contributed by atoms with Gasteiger partial charge in [-0.1, -0.05) is 30.3 Å². The zero-order chi connectivity index (χ0) is 16.6. The lowest BCUT2D eigenvalue weighted by molar-refractivity contribution is 0.108. The van der Waals surface area contributed by atoms with E-state index in [0.29, 0.717) is 19.3 Å². The maximum atomic E-state index is 5.97. The van der Waals surface area contributed by atoms with Gasteiger partial charge in [-0.05, 0) is 36.6 Å². The number of nitrogens with one attached hydrogen (secondary N) is 1. The van der Waals surface area contributed by atoms with Crippen LogP contribution in [-0.4, -0.2) is 39.1 Å². The summed E-state index contributed by atoms with van der Waals surface area (Å²) in [5.74, 6) is 0.938. The van der Waals surface area contributed by atoms with Gasteiger partial charge in [0.1, 0.15) is 12.4 Å². The van der Waals surface area contributed by atoms with Gasteiger partial charge < -0.3 is 19.5 Å². The summed E-state index contributed by atoms with van der Waals surface area (Å²) in [6, 6.07) is 12.6. The van der Waals surface area contributed by atoms with E-state index in [4.69, 9.17) is 14.2 Å². The Hall–Kier alpha value is -1.62. The van der Waals surface area contributed by atoms with Crippen LogP contribution in [0.15, 0.2) is 36.4 Å². The highest BCUT2D eigenvalue weighted by Gasteiger charge is 2.15. The lowest BCUT2D eigenvalue weighted by atomic mass is 10.0. The summed E-state index contributed by atoms with van der Waals surface area (Å²) in [5.41, 5.74) is 1.21. The molecule has 1 N–H and O–H groups in total. The standard InChI is InChI=1S/C20H27NO3/c1-2-22-12-13-24-20-10-9-16-6-3-4-8-18(16)19(20)15-21-14-17-7-5-11-23-17/h3-4,6,8-10,17,21H,2,5,7,11-15H2,1H3. The van der Waals surface area contributed by atoms with Gasteiger partial charge in [-0.25, -0.2) is 0 Å². The smallest absolute Gasteiger partial charge is 0.124 e. The maximum Gasteiger partial charge on any atom is 0.124 e. The molecule has 4 nitrogen and oxygen atoms in total. The first-order chi connectivity index (χ1) is 11.9. The van der Waals surface area contributed by atoms with Gasteiger partial charge in [-0.15, -0.1) is 0 Å². The molecular weight excluding hydrogens is 302 g/mol. The molecule has 0 saturated carbocycles. The maximum absolute atomic E-state index is 5.97. The minimum atomic E-state index is 0.349. The second kappa shape index (κ2) is 9.02. The predicted molar refractivity (Wildman–Crippen MR) is 96.6 cm³/mol. The summed E-state index contributed by atoms with van der Waals surface area (Å²) >= 11 is 0. The number of fused-ring (bicyclic) bond motifs is 1. The van der Waals surface area contributed by atoms with Gasteiger partial charge in [0.15, 0.2) is 0 Å². The molecule has 1 atom stereocenters. The number of ether oxygens (including phenoxy) is 3. The Bertz CT molecular complexity index is 638. The molecule has 1 fully saturated rings. The number of benzene rings is 2. The van der Waals surface area contributed by atoms with Crippen LogP contribution in [0, 0.1) is 0 Å². The lowest BCUT2D eigenvalue weighted by Gasteiger charge is -2.16. The molecule has 1 unspecified atom stereocenters. The second-order valence-corrected chi connectivity index (χ2v) is 6.07. The third-order valence-corrected chi connectivity index (χ3v) is 4.38. The fourth-order valence-corrected chi connectivity index (χ4v) is 3.15. The fraction of sp³-hybridized carbons (Fsp3) is 0.500. The highest BCUT2D eigenvalue weighted by atomic mass is 16.5. The van der Waals surface area contributed by atoms with Gasteiger partial charge in [0.25, 0.3) is 0 Å². The minimum Gasteiger partial charge on any atom is -0.491 e. The Morgan fingerprint density at radius 2 is 2.08 bits per heavy atom. The van der Waals surface area contributed by atoms with Gasteiger partial charge in [-0.2, -0.15) is 0 Å². The van der Waals surface area contributed by atoms with Crippen molar-refractivity contribution in [3.05, 3.63) is 42.0 Å². The molecule has 130 valence electrons. The number of rotatable bonds is 9. The summed E-state index contributed by atoms with van der Waals surface area (Å²) in [6.07, 6.45) is 2.68. The van der Waals surface area contributed by atoms with Crippen LogP contribution in [-0.2, 0) is 16.0 Å². The quantitative estimate of drug-likeness (QED) is 0.715. The molecule has 2 aromatic carbocycles. The average Bonchev–Trinajstić information content (AvgIpc) is 3.13. The zero-order valence-corrected chi connectivity index (χ0v) is 14.4. The van der Waals surface area contributed by atoms with Crippen molar-refractivity contribution in [3.8, 4) is 5.75 Å².